The van der Waals surface area contributed by atoms with Crippen LogP contribution in [-0.4, -0.2) is 30.4 Å². The third-order valence-corrected chi connectivity index (χ3v) is 3.70. The van der Waals surface area contributed by atoms with Gasteiger partial charge in [-0.1, -0.05) is 32.9 Å². The average molecular weight is 343 g/mol. The topological polar surface area (TPSA) is 78.8 Å². The van der Waals surface area contributed by atoms with Crippen LogP contribution in [0.3, 0.4) is 0 Å². The van der Waals surface area contributed by atoms with Crippen molar-refractivity contribution in [2.75, 3.05) is 13.2 Å². The fourth-order valence-electron chi connectivity index (χ4n) is 2.17. The fraction of sp³-hybridized carbons (Fsp3) is 0.350. The highest BCUT2D eigenvalue weighted by Gasteiger charge is 2.13. The van der Waals surface area contributed by atoms with Gasteiger partial charge >= 0.3 is 0 Å². The zero-order valence-electron chi connectivity index (χ0n) is 14.7. The molecule has 0 amide bonds. The SMILES string of the molecule is CC(C)(C)c1ccc(OC[C@H](O)COc2ccc(C(=O)[O-])cc2)cc1. The smallest absolute Gasteiger partial charge is 0.122 e. The molecule has 0 radical (unpaired) electrons. The van der Waals surface area contributed by atoms with Crippen LogP contribution in [-0.2, 0) is 5.41 Å². The predicted molar refractivity (Wildman–Crippen MR) is 92.9 cm³/mol. The van der Waals surface area contributed by atoms with E-state index in [2.05, 4.69) is 20.8 Å². The van der Waals surface area contributed by atoms with Gasteiger partial charge in [0.15, 0.2) is 0 Å². The second-order valence-electron chi connectivity index (χ2n) is 6.86. The van der Waals surface area contributed by atoms with Crippen molar-refractivity contribution >= 4 is 5.97 Å². The maximum Gasteiger partial charge on any atom is 0.122 e. The Hall–Kier alpha value is -2.53. The highest BCUT2D eigenvalue weighted by atomic mass is 16.5. The first kappa shape index (κ1) is 18.8. The number of carbonyl (C=O) groups is 1. The van der Waals surface area contributed by atoms with Crippen LogP contribution < -0.4 is 14.6 Å². The van der Waals surface area contributed by atoms with Gasteiger partial charge in [-0.25, -0.2) is 0 Å². The van der Waals surface area contributed by atoms with Gasteiger partial charge in [0, 0.05) is 0 Å². The third kappa shape index (κ3) is 5.80. The Bertz CT molecular complexity index is 684. The second-order valence-corrected chi connectivity index (χ2v) is 6.86. The molecule has 0 bridgehead atoms. The molecule has 25 heavy (non-hydrogen) atoms. The molecule has 0 unspecified atom stereocenters. The molecule has 0 aliphatic rings. The van der Waals surface area contributed by atoms with E-state index in [1.54, 1.807) is 0 Å². The molecule has 1 N–H and O–H groups in total. The van der Waals surface area contributed by atoms with Gasteiger partial charge in [-0.2, -0.15) is 0 Å². The second kappa shape index (κ2) is 8.03. The van der Waals surface area contributed by atoms with Crippen molar-refractivity contribution < 1.29 is 24.5 Å². The van der Waals surface area contributed by atoms with Gasteiger partial charge in [-0.3, -0.25) is 0 Å². The molecule has 5 nitrogen and oxygen atoms in total. The minimum Gasteiger partial charge on any atom is -0.545 e. The molecule has 0 aliphatic carbocycles. The van der Waals surface area contributed by atoms with Gasteiger partial charge in [-0.05, 0) is 52.9 Å². The predicted octanol–water partition coefficient (Wildman–Crippen LogP) is 2.17. The first-order valence-corrected chi connectivity index (χ1v) is 8.11. The van der Waals surface area contributed by atoms with Crippen molar-refractivity contribution in [3.05, 3.63) is 59.7 Å². The molecule has 0 aliphatic heterocycles. The van der Waals surface area contributed by atoms with E-state index in [-0.39, 0.29) is 24.2 Å². The van der Waals surface area contributed by atoms with Crippen molar-refractivity contribution in [3.8, 4) is 11.5 Å². The standard InChI is InChI=1S/C20H24O5/c1-20(2,3)15-6-10-18(11-7-15)25-13-16(21)12-24-17-8-4-14(5-9-17)19(22)23/h4-11,16,21H,12-13H2,1-3H3,(H,22,23)/p-1/t16-/m1/s1. The molecule has 5 heteroatoms. The van der Waals surface area contributed by atoms with Crippen LogP contribution >= 0.6 is 0 Å². The zero-order chi connectivity index (χ0) is 18.4. The third-order valence-electron chi connectivity index (χ3n) is 3.70. The van der Waals surface area contributed by atoms with Gasteiger partial charge in [0.1, 0.15) is 30.8 Å². The van der Waals surface area contributed by atoms with Gasteiger partial charge in [-0.15, -0.1) is 0 Å². The summed E-state index contributed by atoms with van der Waals surface area (Å²) in [5.74, 6) is -0.0820. The molecule has 0 aromatic heterocycles. The van der Waals surface area contributed by atoms with E-state index >= 15 is 0 Å². The number of carboxylic acids is 1. The summed E-state index contributed by atoms with van der Waals surface area (Å²) in [5.41, 5.74) is 1.37. The summed E-state index contributed by atoms with van der Waals surface area (Å²) < 4.78 is 11.0. The molecular formula is C20H23O5-. The van der Waals surface area contributed by atoms with Crippen LogP contribution in [0.1, 0.15) is 36.7 Å². The Labute approximate surface area is 147 Å². The molecule has 2 aromatic carbocycles. The molecule has 0 heterocycles. The van der Waals surface area contributed by atoms with Crippen molar-refractivity contribution in [1.82, 2.24) is 0 Å². The highest BCUT2D eigenvalue weighted by Crippen LogP contribution is 2.24. The number of hydrogen-bond donors (Lipinski definition) is 1. The summed E-state index contributed by atoms with van der Waals surface area (Å²) in [5, 5.41) is 20.6. The maximum absolute atomic E-state index is 10.7. The Kier molecular flexibility index (Phi) is 6.04. The average Bonchev–Trinajstić information content (AvgIpc) is 2.58. The summed E-state index contributed by atoms with van der Waals surface area (Å²) in [7, 11) is 0. The summed E-state index contributed by atoms with van der Waals surface area (Å²) in [4.78, 5) is 10.7. The molecule has 0 spiro atoms. The fourth-order valence-corrected chi connectivity index (χ4v) is 2.17. The summed E-state index contributed by atoms with van der Waals surface area (Å²) >= 11 is 0. The van der Waals surface area contributed by atoms with Crippen LogP contribution in [0.15, 0.2) is 48.5 Å². The number of benzene rings is 2. The van der Waals surface area contributed by atoms with Crippen molar-refractivity contribution in [3.63, 3.8) is 0 Å². The van der Waals surface area contributed by atoms with Crippen molar-refractivity contribution in [2.24, 2.45) is 0 Å². The quantitative estimate of drug-likeness (QED) is 0.833. The minimum atomic E-state index is -1.24. The van der Waals surface area contributed by atoms with E-state index in [4.69, 9.17) is 9.47 Å². The number of aromatic carboxylic acids is 1. The van der Waals surface area contributed by atoms with Crippen LogP contribution in [0, 0.1) is 0 Å². The van der Waals surface area contributed by atoms with Gasteiger partial charge in [0.2, 0.25) is 0 Å². The van der Waals surface area contributed by atoms with E-state index < -0.39 is 12.1 Å². The monoisotopic (exact) mass is 343 g/mol. The maximum atomic E-state index is 10.7. The van der Waals surface area contributed by atoms with E-state index in [1.165, 1.54) is 29.8 Å². The highest BCUT2D eigenvalue weighted by molar-refractivity contribution is 5.85. The Morgan fingerprint density at radius 2 is 1.40 bits per heavy atom. The lowest BCUT2D eigenvalue weighted by molar-refractivity contribution is -0.255. The van der Waals surface area contributed by atoms with E-state index in [9.17, 15) is 15.0 Å². The van der Waals surface area contributed by atoms with Crippen molar-refractivity contribution in [1.29, 1.82) is 0 Å². The molecule has 0 saturated carbocycles. The van der Waals surface area contributed by atoms with Crippen LogP contribution in [0.5, 0.6) is 11.5 Å². The first-order valence-electron chi connectivity index (χ1n) is 8.11. The molecule has 1 atom stereocenters. The van der Waals surface area contributed by atoms with Crippen LogP contribution in [0.4, 0.5) is 0 Å². The number of aliphatic hydroxyl groups excluding tert-OH is 1. The molecule has 2 rings (SSSR count). The molecular weight excluding hydrogens is 320 g/mol. The van der Waals surface area contributed by atoms with E-state index in [1.807, 2.05) is 24.3 Å². The number of aliphatic hydroxyl groups is 1. The Morgan fingerprint density at radius 3 is 1.80 bits per heavy atom. The first-order chi connectivity index (χ1) is 11.8. The van der Waals surface area contributed by atoms with Crippen LogP contribution in [0.25, 0.3) is 0 Å². The van der Waals surface area contributed by atoms with E-state index in [0.717, 1.165) is 0 Å². The number of carboxylic acid groups (broad SMARTS) is 1. The number of ether oxygens (including phenoxy) is 2. The molecule has 134 valence electrons. The lowest BCUT2D eigenvalue weighted by atomic mass is 9.87. The summed E-state index contributed by atoms with van der Waals surface area (Å²) in [6, 6.07) is 13.6. The Balaban J connectivity index is 1.78. The lowest BCUT2D eigenvalue weighted by Gasteiger charge is -2.19. The Morgan fingerprint density at radius 1 is 0.960 bits per heavy atom. The van der Waals surface area contributed by atoms with Gasteiger partial charge in [0.25, 0.3) is 0 Å². The van der Waals surface area contributed by atoms with Crippen molar-refractivity contribution in [2.45, 2.75) is 32.3 Å². The molecule has 2 aromatic rings. The number of hydrogen-bond acceptors (Lipinski definition) is 5. The lowest BCUT2D eigenvalue weighted by Crippen LogP contribution is -2.25. The molecule has 0 fully saturated rings. The zero-order valence-corrected chi connectivity index (χ0v) is 14.7. The largest absolute Gasteiger partial charge is 0.545 e. The van der Waals surface area contributed by atoms with Gasteiger partial charge < -0.3 is 24.5 Å². The minimum absolute atomic E-state index is 0.0464. The number of rotatable bonds is 7. The number of carbonyl (C=O) groups excluding carboxylic acids is 1. The van der Waals surface area contributed by atoms with Gasteiger partial charge in [0.05, 0.1) is 5.97 Å². The van der Waals surface area contributed by atoms with E-state index in [0.29, 0.717) is 11.5 Å². The summed E-state index contributed by atoms with van der Waals surface area (Å²) in [6.45, 7) is 6.58. The summed E-state index contributed by atoms with van der Waals surface area (Å²) in [6.07, 6.45) is -0.803. The molecule has 0 saturated heterocycles. The normalized spacial score (nSPS) is 12.5. The van der Waals surface area contributed by atoms with Crippen LogP contribution in [0.2, 0.25) is 0 Å².